The van der Waals surface area contributed by atoms with Crippen molar-refractivity contribution in [2.75, 3.05) is 11.6 Å². The molecule has 0 bridgehead atoms. The highest BCUT2D eigenvalue weighted by Crippen LogP contribution is 2.23. The number of H-pyrrole nitrogens is 1. The van der Waals surface area contributed by atoms with Gasteiger partial charge < -0.3 is 5.32 Å². The fourth-order valence-corrected chi connectivity index (χ4v) is 1.39. The van der Waals surface area contributed by atoms with E-state index >= 15 is 0 Å². The van der Waals surface area contributed by atoms with Crippen LogP contribution < -0.4 is 5.32 Å². The number of nitro groups is 1. The predicted molar refractivity (Wildman–Crippen MR) is 60.1 cm³/mol. The van der Waals surface area contributed by atoms with Crippen LogP contribution in [0, 0.1) is 10.1 Å². The Labute approximate surface area is 99.2 Å². The quantitative estimate of drug-likeness (QED) is 0.469. The zero-order chi connectivity index (χ0) is 12.3. The number of thioether (sulfide) groups is 1. The van der Waals surface area contributed by atoms with Crippen molar-refractivity contribution in [1.82, 2.24) is 25.4 Å². The maximum atomic E-state index is 10.6. The highest BCUT2D eigenvalue weighted by molar-refractivity contribution is 7.98. The minimum absolute atomic E-state index is 0.155. The third kappa shape index (κ3) is 2.47. The molecular formula is C7H7N7O2S. The van der Waals surface area contributed by atoms with E-state index in [-0.39, 0.29) is 11.5 Å². The van der Waals surface area contributed by atoms with Crippen LogP contribution in [-0.2, 0) is 0 Å². The van der Waals surface area contributed by atoms with Crippen molar-refractivity contribution in [3.05, 3.63) is 22.5 Å². The summed E-state index contributed by atoms with van der Waals surface area (Å²) in [6.45, 7) is 0. The molecule has 0 saturated heterocycles. The van der Waals surface area contributed by atoms with Gasteiger partial charge in [0.25, 0.3) is 0 Å². The third-order valence-corrected chi connectivity index (χ3v) is 2.33. The predicted octanol–water partition coefficient (Wildman–Crippen LogP) is 0.968. The number of hydrogen-bond donors (Lipinski definition) is 2. The molecule has 2 aromatic heterocycles. The van der Waals surface area contributed by atoms with Gasteiger partial charge in [-0.25, -0.2) is 4.98 Å². The van der Waals surface area contributed by atoms with E-state index in [0.717, 1.165) is 6.20 Å². The molecule has 0 aliphatic carbocycles. The molecule has 0 saturated carbocycles. The van der Waals surface area contributed by atoms with E-state index in [4.69, 9.17) is 0 Å². The molecule has 9 nitrogen and oxygen atoms in total. The van der Waals surface area contributed by atoms with Crippen LogP contribution in [0.15, 0.2) is 17.6 Å². The van der Waals surface area contributed by atoms with Gasteiger partial charge >= 0.3 is 5.69 Å². The molecule has 0 aliphatic rings. The van der Waals surface area contributed by atoms with Crippen LogP contribution >= 0.6 is 11.8 Å². The zero-order valence-corrected chi connectivity index (χ0v) is 9.43. The van der Waals surface area contributed by atoms with E-state index in [1.165, 1.54) is 18.0 Å². The first kappa shape index (κ1) is 11.3. The van der Waals surface area contributed by atoms with Crippen LogP contribution in [0.1, 0.15) is 0 Å². The molecule has 0 unspecified atom stereocenters. The van der Waals surface area contributed by atoms with Gasteiger partial charge in [-0.05, 0) is 6.26 Å². The van der Waals surface area contributed by atoms with Gasteiger partial charge in [-0.3, -0.25) is 15.2 Å². The maximum Gasteiger partial charge on any atom is 0.331 e. The molecule has 0 radical (unpaired) electrons. The molecule has 0 atom stereocenters. The Bertz CT molecular complexity index is 543. The summed E-state index contributed by atoms with van der Waals surface area (Å²) in [6, 6.07) is 0. The van der Waals surface area contributed by atoms with Crippen LogP contribution in [0.25, 0.3) is 0 Å². The normalized spacial score (nSPS) is 10.2. The molecule has 0 aliphatic heterocycles. The molecule has 0 spiro atoms. The van der Waals surface area contributed by atoms with Crippen LogP contribution in [-0.4, -0.2) is 36.6 Å². The number of aromatic amines is 1. The number of nitrogens with one attached hydrogen (secondary N) is 2. The Morgan fingerprint density at radius 1 is 1.53 bits per heavy atom. The summed E-state index contributed by atoms with van der Waals surface area (Å²) in [5.41, 5.74) is -0.158. The summed E-state index contributed by atoms with van der Waals surface area (Å²) in [6.07, 6.45) is 4.29. The average Bonchev–Trinajstić information content (AvgIpc) is 2.77. The number of rotatable bonds is 4. The van der Waals surface area contributed by atoms with Crippen molar-refractivity contribution in [2.24, 2.45) is 0 Å². The lowest BCUT2D eigenvalue weighted by Gasteiger charge is -2.01. The zero-order valence-electron chi connectivity index (χ0n) is 8.62. The number of hydrogen-bond acceptors (Lipinski definition) is 8. The molecule has 0 fully saturated rings. The van der Waals surface area contributed by atoms with E-state index in [1.54, 1.807) is 6.26 Å². The Kier molecular flexibility index (Phi) is 3.14. The largest absolute Gasteiger partial charge is 0.331 e. The molecule has 0 aromatic carbocycles. The van der Waals surface area contributed by atoms with E-state index in [2.05, 4.69) is 30.7 Å². The summed E-state index contributed by atoms with van der Waals surface area (Å²) >= 11 is 1.32. The van der Waals surface area contributed by atoms with Gasteiger partial charge in [0.2, 0.25) is 11.0 Å². The SMILES string of the molecule is CSc1nncc(Nc2[nH]ncc2[N+](=O)[O-])n1. The van der Waals surface area contributed by atoms with Crippen molar-refractivity contribution in [1.29, 1.82) is 0 Å². The van der Waals surface area contributed by atoms with Crippen LogP contribution in [0.2, 0.25) is 0 Å². The standard InChI is InChI=1S/C7H7N7O2S/c1-17-7-11-5(3-9-13-7)10-6-4(14(15)16)2-8-12-6/h2-3H,1H3,(H2,8,10,11,12,13). The molecule has 2 N–H and O–H groups in total. The summed E-state index contributed by atoms with van der Waals surface area (Å²) < 4.78 is 0. The lowest BCUT2D eigenvalue weighted by Crippen LogP contribution is -2.00. The summed E-state index contributed by atoms with van der Waals surface area (Å²) in [5.74, 6) is 0.513. The molecule has 2 heterocycles. The Balaban J connectivity index is 2.25. The lowest BCUT2D eigenvalue weighted by atomic mass is 10.5. The van der Waals surface area contributed by atoms with Crippen LogP contribution in [0.5, 0.6) is 0 Å². The molecule has 2 rings (SSSR count). The van der Waals surface area contributed by atoms with Crippen molar-refractivity contribution in [3.8, 4) is 0 Å². The van der Waals surface area contributed by atoms with Gasteiger partial charge in [0, 0.05) is 0 Å². The minimum atomic E-state index is -0.546. The first-order valence-electron chi connectivity index (χ1n) is 4.39. The second-order valence-electron chi connectivity index (χ2n) is 2.84. The summed E-state index contributed by atoms with van der Waals surface area (Å²) in [7, 11) is 0. The summed E-state index contributed by atoms with van der Waals surface area (Å²) in [5, 5.41) is 27.4. The topological polar surface area (TPSA) is 123 Å². The van der Waals surface area contributed by atoms with E-state index < -0.39 is 4.92 Å². The highest BCUT2D eigenvalue weighted by atomic mass is 32.2. The fourth-order valence-electron chi connectivity index (χ4n) is 1.07. The first-order valence-corrected chi connectivity index (χ1v) is 5.61. The van der Waals surface area contributed by atoms with Gasteiger partial charge in [-0.15, -0.1) is 5.10 Å². The van der Waals surface area contributed by atoms with Gasteiger partial charge in [0.05, 0.1) is 11.1 Å². The smallest absolute Gasteiger partial charge is 0.318 e. The number of nitrogens with zero attached hydrogens (tertiary/aromatic N) is 5. The second-order valence-corrected chi connectivity index (χ2v) is 3.61. The van der Waals surface area contributed by atoms with E-state index in [9.17, 15) is 10.1 Å². The molecular weight excluding hydrogens is 246 g/mol. The fraction of sp³-hybridized carbons (Fsp3) is 0.143. The van der Waals surface area contributed by atoms with Gasteiger partial charge in [-0.2, -0.15) is 10.2 Å². The molecule has 10 heteroatoms. The van der Waals surface area contributed by atoms with Gasteiger partial charge in [0.1, 0.15) is 6.20 Å². The Hall–Kier alpha value is -2.23. The number of anilines is 2. The molecule has 88 valence electrons. The van der Waals surface area contributed by atoms with Crippen LogP contribution in [0.4, 0.5) is 17.3 Å². The average molecular weight is 253 g/mol. The second kappa shape index (κ2) is 4.74. The van der Waals surface area contributed by atoms with E-state index in [0.29, 0.717) is 11.0 Å². The van der Waals surface area contributed by atoms with Crippen LogP contribution in [0.3, 0.4) is 0 Å². The van der Waals surface area contributed by atoms with E-state index in [1.807, 2.05) is 0 Å². The van der Waals surface area contributed by atoms with Crippen molar-refractivity contribution >= 4 is 29.1 Å². The van der Waals surface area contributed by atoms with Gasteiger partial charge in [-0.1, -0.05) is 11.8 Å². The Morgan fingerprint density at radius 3 is 3.06 bits per heavy atom. The molecule has 0 amide bonds. The number of aromatic nitrogens is 5. The molecule has 17 heavy (non-hydrogen) atoms. The highest BCUT2D eigenvalue weighted by Gasteiger charge is 2.16. The van der Waals surface area contributed by atoms with Crippen molar-refractivity contribution < 1.29 is 4.92 Å². The third-order valence-electron chi connectivity index (χ3n) is 1.79. The monoisotopic (exact) mass is 253 g/mol. The van der Waals surface area contributed by atoms with Crippen molar-refractivity contribution in [3.63, 3.8) is 0 Å². The van der Waals surface area contributed by atoms with Gasteiger partial charge in [0.15, 0.2) is 5.82 Å². The lowest BCUT2D eigenvalue weighted by molar-refractivity contribution is -0.383. The summed E-state index contributed by atoms with van der Waals surface area (Å²) in [4.78, 5) is 14.2. The van der Waals surface area contributed by atoms with Crippen molar-refractivity contribution in [2.45, 2.75) is 5.16 Å². The maximum absolute atomic E-state index is 10.6. The molecule has 2 aromatic rings. The Morgan fingerprint density at radius 2 is 2.35 bits per heavy atom. The minimum Gasteiger partial charge on any atom is -0.318 e. The first-order chi connectivity index (χ1) is 8.20.